The molecule has 2 rings (SSSR count). The third-order valence-corrected chi connectivity index (χ3v) is 3.81. The fourth-order valence-corrected chi connectivity index (χ4v) is 2.30. The smallest absolute Gasteiger partial charge is 0.344 e. The lowest BCUT2D eigenvalue weighted by Crippen LogP contribution is -2.38. The molecular formula is C18H19ClN2O5. The molecule has 8 heteroatoms. The number of likely N-dealkylation sites (N-methyl/N-ethyl adjacent to an activating group) is 1. The summed E-state index contributed by atoms with van der Waals surface area (Å²) in [5.74, 6) is -1.03. The normalized spacial score (nSPS) is 10.3. The lowest BCUT2D eigenvalue weighted by atomic mass is 10.1. The molecule has 2 amide bonds. The standard InChI is InChI=1S/C18H19ClN2O5/c1-21(2)17(23)9-20-16(22)10-26-18(24)11-25-15-8-7-14(19)12-5-3-4-6-13(12)15/h3-8H,9-11H2,1-2H3,(H,20,22). The molecule has 2 aromatic carbocycles. The molecule has 0 radical (unpaired) electrons. The molecule has 0 aromatic heterocycles. The van der Waals surface area contributed by atoms with Crippen molar-refractivity contribution in [1.29, 1.82) is 0 Å². The van der Waals surface area contributed by atoms with E-state index in [-0.39, 0.29) is 19.1 Å². The second kappa shape index (κ2) is 9.05. The van der Waals surface area contributed by atoms with E-state index in [1.165, 1.54) is 4.90 Å². The van der Waals surface area contributed by atoms with Crippen LogP contribution in [0.3, 0.4) is 0 Å². The fourth-order valence-electron chi connectivity index (χ4n) is 2.07. The zero-order chi connectivity index (χ0) is 19.1. The van der Waals surface area contributed by atoms with Crippen LogP contribution in [0.4, 0.5) is 0 Å². The molecule has 0 aliphatic carbocycles. The van der Waals surface area contributed by atoms with E-state index in [0.29, 0.717) is 10.8 Å². The van der Waals surface area contributed by atoms with Gasteiger partial charge in [-0.05, 0) is 12.1 Å². The van der Waals surface area contributed by atoms with Gasteiger partial charge in [-0.2, -0.15) is 0 Å². The van der Waals surface area contributed by atoms with Gasteiger partial charge in [-0.1, -0.05) is 35.9 Å². The van der Waals surface area contributed by atoms with Crippen molar-refractivity contribution in [3.05, 3.63) is 41.4 Å². The third kappa shape index (κ3) is 5.35. The Morgan fingerprint density at radius 2 is 1.73 bits per heavy atom. The van der Waals surface area contributed by atoms with Crippen LogP contribution >= 0.6 is 11.6 Å². The van der Waals surface area contributed by atoms with Gasteiger partial charge in [0.05, 0.1) is 6.54 Å². The molecule has 0 aliphatic rings. The first-order chi connectivity index (χ1) is 12.4. The molecule has 26 heavy (non-hydrogen) atoms. The highest BCUT2D eigenvalue weighted by molar-refractivity contribution is 6.35. The van der Waals surface area contributed by atoms with Crippen molar-refractivity contribution >= 4 is 40.2 Å². The van der Waals surface area contributed by atoms with Gasteiger partial charge in [-0.3, -0.25) is 9.59 Å². The quantitative estimate of drug-likeness (QED) is 0.740. The maximum absolute atomic E-state index is 11.7. The van der Waals surface area contributed by atoms with Gasteiger partial charge in [0.15, 0.2) is 13.2 Å². The molecule has 7 nitrogen and oxygen atoms in total. The zero-order valence-corrected chi connectivity index (χ0v) is 15.2. The summed E-state index contributed by atoms with van der Waals surface area (Å²) in [6.07, 6.45) is 0. The van der Waals surface area contributed by atoms with Crippen molar-refractivity contribution in [2.75, 3.05) is 33.9 Å². The molecule has 2 aromatic rings. The number of amides is 2. The Balaban J connectivity index is 1.82. The first-order valence-corrected chi connectivity index (χ1v) is 8.19. The van der Waals surface area contributed by atoms with Gasteiger partial charge >= 0.3 is 5.97 Å². The Kier molecular flexibility index (Phi) is 6.80. The van der Waals surface area contributed by atoms with Crippen LogP contribution < -0.4 is 10.1 Å². The largest absolute Gasteiger partial charge is 0.481 e. The van der Waals surface area contributed by atoms with E-state index in [1.54, 1.807) is 26.2 Å². The first-order valence-electron chi connectivity index (χ1n) is 7.81. The van der Waals surface area contributed by atoms with E-state index in [4.69, 9.17) is 21.1 Å². The minimum Gasteiger partial charge on any atom is -0.481 e. The Morgan fingerprint density at radius 1 is 1.04 bits per heavy atom. The van der Waals surface area contributed by atoms with Crippen LogP contribution in [0.5, 0.6) is 5.75 Å². The van der Waals surface area contributed by atoms with Gasteiger partial charge < -0.3 is 19.7 Å². The molecule has 138 valence electrons. The summed E-state index contributed by atoms with van der Waals surface area (Å²) in [6, 6.07) is 10.7. The number of nitrogens with zero attached hydrogens (tertiary/aromatic N) is 1. The third-order valence-electron chi connectivity index (χ3n) is 3.48. The van der Waals surface area contributed by atoms with Crippen molar-refractivity contribution in [2.45, 2.75) is 0 Å². The molecular weight excluding hydrogens is 360 g/mol. The first kappa shape index (κ1) is 19.5. The lowest BCUT2D eigenvalue weighted by Gasteiger charge is -2.12. The number of fused-ring (bicyclic) bond motifs is 1. The highest BCUT2D eigenvalue weighted by Gasteiger charge is 2.12. The minimum atomic E-state index is -0.696. The number of carbonyl (C=O) groups is 3. The average Bonchev–Trinajstić information content (AvgIpc) is 2.64. The van der Waals surface area contributed by atoms with Crippen LogP contribution in [0.15, 0.2) is 36.4 Å². The van der Waals surface area contributed by atoms with Gasteiger partial charge in [-0.25, -0.2) is 4.79 Å². The minimum absolute atomic E-state index is 0.156. The summed E-state index contributed by atoms with van der Waals surface area (Å²) in [6.45, 7) is -0.990. The van der Waals surface area contributed by atoms with Crippen LogP contribution in [0.2, 0.25) is 5.02 Å². The predicted octanol–water partition coefficient (Wildman–Crippen LogP) is 1.62. The Bertz CT molecular complexity index is 822. The number of carbonyl (C=O) groups excluding carboxylic acids is 3. The highest BCUT2D eigenvalue weighted by Crippen LogP contribution is 2.31. The van der Waals surface area contributed by atoms with Crippen molar-refractivity contribution in [3.63, 3.8) is 0 Å². The number of halogens is 1. The highest BCUT2D eigenvalue weighted by atomic mass is 35.5. The molecule has 0 heterocycles. The maximum atomic E-state index is 11.7. The number of rotatable bonds is 7. The van der Waals surface area contributed by atoms with E-state index in [2.05, 4.69) is 5.32 Å². The topological polar surface area (TPSA) is 84.9 Å². The molecule has 0 spiro atoms. The number of esters is 1. The van der Waals surface area contributed by atoms with Crippen LogP contribution in [0.25, 0.3) is 10.8 Å². The second-order valence-electron chi connectivity index (χ2n) is 5.61. The zero-order valence-electron chi connectivity index (χ0n) is 14.5. The van der Waals surface area contributed by atoms with Gasteiger partial charge in [0.25, 0.3) is 5.91 Å². The Morgan fingerprint density at radius 3 is 2.42 bits per heavy atom. The monoisotopic (exact) mass is 378 g/mol. The Labute approximate surface area is 155 Å². The summed E-state index contributed by atoms with van der Waals surface area (Å²) >= 11 is 6.13. The van der Waals surface area contributed by atoms with E-state index in [0.717, 1.165) is 10.8 Å². The summed E-state index contributed by atoms with van der Waals surface area (Å²) < 4.78 is 10.3. The molecule has 0 aliphatic heterocycles. The maximum Gasteiger partial charge on any atom is 0.344 e. The molecule has 0 bridgehead atoms. The van der Waals surface area contributed by atoms with Gasteiger partial charge in [0.1, 0.15) is 5.75 Å². The molecule has 0 saturated carbocycles. The Hall–Kier alpha value is -2.80. The SMILES string of the molecule is CN(C)C(=O)CNC(=O)COC(=O)COc1ccc(Cl)c2ccccc12. The van der Waals surface area contributed by atoms with E-state index < -0.39 is 18.5 Å². The van der Waals surface area contributed by atoms with Crippen LogP contribution in [0.1, 0.15) is 0 Å². The van der Waals surface area contributed by atoms with Gasteiger partial charge in [-0.15, -0.1) is 0 Å². The lowest BCUT2D eigenvalue weighted by molar-refractivity contribution is -0.150. The molecule has 1 N–H and O–H groups in total. The van der Waals surface area contributed by atoms with Crippen LogP contribution in [0, 0.1) is 0 Å². The number of benzene rings is 2. The van der Waals surface area contributed by atoms with E-state index in [9.17, 15) is 14.4 Å². The summed E-state index contributed by atoms with van der Waals surface area (Å²) in [5.41, 5.74) is 0. The van der Waals surface area contributed by atoms with Gasteiger partial charge in [0.2, 0.25) is 5.91 Å². The van der Waals surface area contributed by atoms with E-state index in [1.807, 2.05) is 24.3 Å². The number of nitrogens with one attached hydrogen (secondary N) is 1. The van der Waals surface area contributed by atoms with Crippen LogP contribution in [-0.2, 0) is 19.1 Å². The predicted molar refractivity (Wildman–Crippen MR) is 97.1 cm³/mol. The summed E-state index contributed by atoms with van der Waals surface area (Å²) in [5, 5.41) is 4.52. The molecule has 0 unspecified atom stereocenters. The number of hydrogen-bond acceptors (Lipinski definition) is 5. The molecule has 0 saturated heterocycles. The summed E-state index contributed by atoms with van der Waals surface area (Å²) in [7, 11) is 3.15. The second-order valence-corrected chi connectivity index (χ2v) is 6.01. The number of ether oxygens (including phenoxy) is 2. The van der Waals surface area contributed by atoms with Gasteiger partial charge in [0, 0.05) is 29.9 Å². The fraction of sp³-hybridized carbons (Fsp3) is 0.278. The van der Waals surface area contributed by atoms with Crippen molar-refractivity contribution in [2.24, 2.45) is 0 Å². The van der Waals surface area contributed by atoms with Crippen molar-refractivity contribution in [1.82, 2.24) is 10.2 Å². The number of hydrogen-bond donors (Lipinski definition) is 1. The molecule has 0 fully saturated rings. The van der Waals surface area contributed by atoms with Crippen molar-refractivity contribution in [3.8, 4) is 5.75 Å². The van der Waals surface area contributed by atoms with Crippen LogP contribution in [-0.4, -0.2) is 56.5 Å². The van der Waals surface area contributed by atoms with Crippen molar-refractivity contribution < 1.29 is 23.9 Å². The molecule has 0 atom stereocenters. The van der Waals surface area contributed by atoms with E-state index >= 15 is 0 Å². The summed E-state index contributed by atoms with van der Waals surface area (Å²) in [4.78, 5) is 36.0. The average molecular weight is 379 g/mol.